The molecule has 1 aromatic carbocycles. The third-order valence-corrected chi connectivity index (χ3v) is 4.29. The van der Waals surface area contributed by atoms with Crippen molar-refractivity contribution in [3.8, 4) is 0 Å². The van der Waals surface area contributed by atoms with Gasteiger partial charge < -0.3 is 9.67 Å². The van der Waals surface area contributed by atoms with Gasteiger partial charge in [-0.05, 0) is 18.9 Å². The summed E-state index contributed by atoms with van der Waals surface area (Å²) in [6.45, 7) is 0.635. The second-order valence-electron chi connectivity index (χ2n) is 4.95. The summed E-state index contributed by atoms with van der Waals surface area (Å²) in [5, 5.41) is 14.4. The number of aromatic nitrogens is 1. The summed E-state index contributed by atoms with van der Waals surface area (Å²) >= 11 is 0. The Balaban J connectivity index is 2.15. The van der Waals surface area contributed by atoms with E-state index >= 15 is 0 Å². The van der Waals surface area contributed by atoms with E-state index in [2.05, 4.69) is 0 Å². The molecule has 0 fully saturated rings. The van der Waals surface area contributed by atoms with Crippen LogP contribution in [0.15, 0.2) is 35.4 Å². The van der Waals surface area contributed by atoms with E-state index in [1.807, 2.05) is 16.7 Å². The van der Waals surface area contributed by atoms with E-state index in [1.54, 1.807) is 18.3 Å². The zero-order valence-electron chi connectivity index (χ0n) is 11.5. The maximum absolute atomic E-state index is 11.6. The molecule has 3 N–H and O–H groups in total. The van der Waals surface area contributed by atoms with Crippen LogP contribution in [0.1, 0.15) is 25.7 Å². The minimum absolute atomic E-state index is 0.128. The van der Waals surface area contributed by atoms with Crippen molar-refractivity contribution in [1.29, 1.82) is 0 Å². The maximum Gasteiger partial charge on any atom is 0.303 e. The molecule has 2 aromatic rings. The molecule has 0 atom stereocenters. The van der Waals surface area contributed by atoms with Crippen LogP contribution in [0.25, 0.3) is 10.9 Å². The highest BCUT2D eigenvalue weighted by Gasteiger charge is 2.16. The molecule has 1 heterocycles. The first-order chi connectivity index (χ1) is 9.89. The van der Waals surface area contributed by atoms with Gasteiger partial charge in [-0.15, -0.1) is 0 Å². The van der Waals surface area contributed by atoms with Crippen LogP contribution in [0.2, 0.25) is 0 Å². The van der Waals surface area contributed by atoms with Gasteiger partial charge in [0.25, 0.3) is 0 Å². The van der Waals surface area contributed by atoms with E-state index in [-0.39, 0.29) is 11.3 Å². The number of sulfonamides is 1. The second-order valence-corrected chi connectivity index (χ2v) is 6.48. The number of benzene rings is 1. The molecule has 0 saturated carbocycles. The summed E-state index contributed by atoms with van der Waals surface area (Å²) in [4.78, 5) is 10.6. The molecule has 0 unspecified atom stereocenters. The zero-order valence-corrected chi connectivity index (χ0v) is 12.3. The molecule has 0 bridgehead atoms. The highest BCUT2D eigenvalue weighted by Crippen LogP contribution is 2.24. The maximum atomic E-state index is 11.6. The molecule has 0 aliphatic rings. The summed E-state index contributed by atoms with van der Waals surface area (Å²) in [5.74, 6) is -0.794. The average Bonchev–Trinajstić information content (AvgIpc) is 2.77. The molecule has 0 aliphatic heterocycles. The van der Waals surface area contributed by atoms with E-state index in [0.717, 1.165) is 18.4 Å². The topological polar surface area (TPSA) is 102 Å². The van der Waals surface area contributed by atoms with E-state index in [9.17, 15) is 13.2 Å². The molecule has 0 aliphatic carbocycles. The van der Waals surface area contributed by atoms with Gasteiger partial charge in [0.1, 0.15) is 4.90 Å². The van der Waals surface area contributed by atoms with Gasteiger partial charge in [-0.25, -0.2) is 13.6 Å². The van der Waals surface area contributed by atoms with E-state index in [0.29, 0.717) is 18.4 Å². The minimum Gasteiger partial charge on any atom is -0.481 e. The minimum atomic E-state index is -3.75. The molecule has 0 radical (unpaired) electrons. The fraction of sp³-hybridized carbons (Fsp3) is 0.357. The predicted octanol–water partition coefficient (Wildman–Crippen LogP) is 1.93. The number of hydrogen-bond donors (Lipinski definition) is 2. The lowest BCUT2D eigenvalue weighted by molar-refractivity contribution is -0.137. The van der Waals surface area contributed by atoms with Crippen molar-refractivity contribution in [2.24, 2.45) is 5.14 Å². The predicted molar refractivity (Wildman–Crippen MR) is 79.4 cm³/mol. The van der Waals surface area contributed by atoms with Crippen molar-refractivity contribution >= 4 is 26.9 Å². The van der Waals surface area contributed by atoms with E-state index < -0.39 is 16.0 Å². The number of nitrogens with two attached hydrogens (primary N) is 1. The van der Waals surface area contributed by atoms with Crippen molar-refractivity contribution in [2.45, 2.75) is 37.1 Å². The lowest BCUT2D eigenvalue weighted by Gasteiger charge is -2.04. The number of primary sulfonamides is 1. The normalized spacial score (nSPS) is 11.9. The third-order valence-electron chi connectivity index (χ3n) is 3.35. The highest BCUT2D eigenvalue weighted by atomic mass is 32.2. The van der Waals surface area contributed by atoms with Crippen LogP contribution < -0.4 is 5.14 Å². The van der Waals surface area contributed by atoms with Gasteiger partial charge in [0.2, 0.25) is 10.0 Å². The van der Waals surface area contributed by atoms with Crippen LogP contribution in [0, 0.1) is 0 Å². The number of nitrogens with zero attached hydrogens (tertiary/aromatic N) is 1. The van der Waals surface area contributed by atoms with E-state index in [4.69, 9.17) is 10.2 Å². The number of carboxylic acid groups (broad SMARTS) is 1. The molecular weight excluding hydrogens is 292 g/mol. The van der Waals surface area contributed by atoms with E-state index in [1.165, 1.54) is 0 Å². The molecule has 1 aromatic heterocycles. The first kappa shape index (κ1) is 15.5. The Morgan fingerprint density at radius 2 is 1.90 bits per heavy atom. The van der Waals surface area contributed by atoms with Gasteiger partial charge in [0.15, 0.2) is 0 Å². The molecule has 2 rings (SSSR count). The Bertz CT molecular complexity index is 749. The first-order valence-electron chi connectivity index (χ1n) is 6.72. The van der Waals surface area contributed by atoms with Gasteiger partial charge in [-0.2, -0.15) is 0 Å². The monoisotopic (exact) mass is 310 g/mol. The summed E-state index contributed by atoms with van der Waals surface area (Å²) in [6, 6.07) is 7.20. The summed E-state index contributed by atoms with van der Waals surface area (Å²) in [6.07, 6.45) is 3.90. The molecular formula is C14H18N2O4S. The molecule has 114 valence electrons. The third kappa shape index (κ3) is 3.83. The molecule has 21 heavy (non-hydrogen) atoms. The van der Waals surface area contributed by atoms with Gasteiger partial charge in [0.05, 0.1) is 0 Å². The van der Waals surface area contributed by atoms with Crippen LogP contribution >= 0.6 is 0 Å². The Kier molecular flexibility index (Phi) is 4.64. The number of unbranched alkanes of at least 4 members (excludes halogenated alkanes) is 2. The van der Waals surface area contributed by atoms with Gasteiger partial charge in [0, 0.05) is 30.1 Å². The number of carbonyl (C=O) groups is 1. The average molecular weight is 310 g/mol. The summed E-state index contributed by atoms with van der Waals surface area (Å²) in [5.41, 5.74) is 0.819. The van der Waals surface area contributed by atoms with Crippen LogP contribution in [-0.2, 0) is 21.4 Å². The largest absolute Gasteiger partial charge is 0.481 e. The Morgan fingerprint density at radius 3 is 2.57 bits per heavy atom. The van der Waals surface area contributed by atoms with Crippen LogP contribution in [-0.4, -0.2) is 24.1 Å². The first-order valence-corrected chi connectivity index (χ1v) is 8.26. The van der Waals surface area contributed by atoms with Crippen LogP contribution in [0.3, 0.4) is 0 Å². The summed E-state index contributed by atoms with van der Waals surface area (Å²) in [7, 11) is -3.75. The van der Waals surface area contributed by atoms with Crippen LogP contribution in [0.4, 0.5) is 0 Å². The molecule has 0 amide bonds. The molecule has 7 heteroatoms. The van der Waals surface area contributed by atoms with Gasteiger partial charge >= 0.3 is 5.97 Å². The number of para-hydroxylation sites is 1. The van der Waals surface area contributed by atoms with Crippen LogP contribution in [0.5, 0.6) is 0 Å². The molecule has 0 saturated heterocycles. The number of rotatable bonds is 7. The fourth-order valence-corrected chi connectivity index (χ4v) is 3.11. The quantitative estimate of drug-likeness (QED) is 0.763. The highest BCUT2D eigenvalue weighted by molar-refractivity contribution is 7.89. The zero-order chi connectivity index (χ0) is 15.5. The Labute approximate surface area is 123 Å². The molecule has 0 spiro atoms. The summed E-state index contributed by atoms with van der Waals surface area (Å²) < 4.78 is 25.1. The number of aryl methyl sites for hydroxylation is 1. The van der Waals surface area contributed by atoms with Gasteiger partial charge in [-0.1, -0.05) is 24.6 Å². The SMILES string of the molecule is NS(=O)(=O)c1cn(CCCCCC(=O)O)c2ccccc12. The number of carboxylic acids is 1. The van der Waals surface area contributed by atoms with Crippen molar-refractivity contribution in [3.63, 3.8) is 0 Å². The Hall–Kier alpha value is -1.86. The number of fused-ring (bicyclic) bond motifs is 1. The molecule has 6 nitrogen and oxygen atoms in total. The standard InChI is InChI=1S/C14H18N2O4S/c15-21(19,20)13-10-16(9-5-1-2-8-14(17)18)12-7-4-3-6-11(12)13/h3-4,6-7,10H,1-2,5,8-9H2,(H,17,18)(H2,15,19,20). The van der Waals surface area contributed by atoms with Crippen molar-refractivity contribution in [3.05, 3.63) is 30.5 Å². The van der Waals surface area contributed by atoms with Crippen molar-refractivity contribution in [2.75, 3.05) is 0 Å². The second kappa shape index (κ2) is 6.28. The lowest BCUT2D eigenvalue weighted by atomic mass is 10.2. The van der Waals surface area contributed by atoms with Crippen molar-refractivity contribution in [1.82, 2.24) is 4.57 Å². The lowest BCUT2D eigenvalue weighted by Crippen LogP contribution is -2.11. The van der Waals surface area contributed by atoms with Crippen molar-refractivity contribution < 1.29 is 18.3 Å². The fourth-order valence-electron chi connectivity index (χ4n) is 2.36. The smallest absolute Gasteiger partial charge is 0.303 e. The number of aliphatic carboxylic acids is 1. The Morgan fingerprint density at radius 1 is 1.19 bits per heavy atom. The van der Waals surface area contributed by atoms with Gasteiger partial charge in [-0.3, -0.25) is 4.79 Å². The number of hydrogen-bond acceptors (Lipinski definition) is 3.